The van der Waals surface area contributed by atoms with Crippen molar-refractivity contribution in [2.75, 3.05) is 0 Å². The van der Waals surface area contributed by atoms with Crippen molar-refractivity contribution in [3.8, 4) is 5.69 Å². The summed E-state index contributed by atoms with van der Waals surface area (Å²) in [5, 5.41) is 0.373. The van der Waals surface area contributed by atoms with Crippen LogP contribution >= 0.6 is 11.6 Å². The topological polar surface area (TPSA) is 17.8 Å². The second kappa shape index (κ2) is 11.3. The van der Waals surface area contributed by atoms with Crippen molar-refractivity contribution in [1.82, 2.24) is 9.55 Å². The van der Waals surface area contributed by atoms with Gasteiger partial charge >= 0.3 is 12.4 Å². The number of alkyl halides is 6. The number of hydrogen-bond donors (Lipinski definition) is 0. The van der Waals surface area contributed by atoms with Gasteiger partial charge in [0.1, 0.15) is 5.82 Å². The summed E-state index contributed by atoms with van der Waals surface area (Å²) in [4.78, 5) is 3.87. The zero-order valence-electron chi connectivity index (χ0n) is 19.3. The van der Waals surface area contributed by atoms with E-state index in [0.29, 0.717) is 10.5 Å². The highest BCUT2D eigenvalue weighted by molar-refractivity contribution is 6.90. The Bertz CT molecular complexity index is 1310. The summed E-state index contributed by atoms with van der Waals surface area (Å²) >= 11 is 5.83. The second-order valence-corrected chi connectivity index (χ2v) is 8.50. The molecule has 0 aliphatic heterocycles. The summed E-state index contributed by atoms with van der Waals surface area (Å²) in [6.45, 7) is 4.55. The third kappa shape index (κ3) is 7.26. The lowest BCUT2D eigenvalue weighted by atomic mass is 9.36. The Hall–Kier alpha value is -3.53. The second-order valence-electron chi connectivity index (χ2n) is 8.09. The largest absolute Gasteiger partial charge is 0.416 e. The third-order valence-electron chi connectivity index (χ3n) is 5.28. The smallest absolute Gasteiger partial charge is 0.305 e. The van der Waals surface area contributed by atoms with Gasteiger partial charge in [-0.3, -0.25) is 0 Å². The highest BCUT2D eigenvalue weighted by Crippen LogP contribution is 2.29. The number of aromatic nitrogens is 2. The van der Waals surface area contributed by atoms with Crippen LogP contribution in [0.25, 0.3) is 5.69 Å². The van der Waals surface area contributed by atoms with E-state index in [0.717, 1.165) is 30.0 Å². The van der Waals surface area contributed by atoms with Gasteiger partial charge in [0.05, 0.1) is 28.2 Å². The Balaban J connectivity index is 0.000000244. The Morgan fingerprint density at radius 2 is 1.41 bits per heavy atom. The first-order valence-corrected chi connectivity index (χ1v) is 11.1. The summed E-state index contributed by atoms with van der Waals surface area (Å²) in [5.74, 6) is -0.339. The summed E-state index contributed by atoms with van der Waals surface area (Å²) in [7, 11) is 0. The van der Waals surface area contributed by atoms with E-state index in [-0.39, 0.29) is 16.7 Å². The predicted octanol–water partition coefficient (Wildman–Crippen LogP) is 7.11. The first kappa shape index (κ1) is 28.1. The molecule has 2 nitrogen and oxygen atoms in total. The van der Waals surface area contributed by atoms with Crippen LogP contribution in [0.2, 0.25) is 5.02 Å². The van der Waals surface area contributed by atoms with Crippen LogP contribution in [0.3, 0.4) is 0 Å². The van der Waals surface area contributed by atoms with Crippen molar-refractivity contribution in [1.29, 1.82) is 0 Å². The molecule has 0 aliphatic rings. The van der Waals surface area contributed by atoms with Crippen molar-refractivity contribution in [3.05, 3.63) is 119 Å². The highest BCUT2D eigenvalue weighted by atomic mass is 35.5. The van der Waals surface area contributed by atoms with Crippen LogP contribution in [0.1, 0.15) is 18.1 Å². The fraction of sp³-hybridized carbons (Fsp3) is 0.115. The molecule has 0 amide bonds. The van der Waals surface area contributed by atoms with Crippen LogP contribution in [0.5, 0.6) is 0 Å². The maximum atomic E-state index is 12.9. The van der Waals surface area contributed by atoms with Gasteiger partial charge in [0, 0.05) is 12.4 Å². The normalized spacial score (nSPS) is 11.5. The molecule has 1 heterocycles. The van der Waals surface area contributed by atoms with E-state index in [1.165, 1.54) is 36.4 Å². The standard InChI is InChI=1S/C17H13BF6.C9H6ClFN2/c1-11(2)18(14-7-3-5-12(9-14)16(19,20)21)15-8-4-6-13(10-15)17(22,23)24;10-8-5-7(11)1-2-9(8)13-4-3-12-6-13/h3-10H,1H2,2H3;1-6H. The van der Waals surface area contributed by atoms with E-state index in [1.54, 1.807) is 36.3 Å². The van der Waals surface area contributed by atoms with Gasteiger partial charge in [-0.15, -0.1) is 12.1 Å². The Kier molecular flexibility index (Phi) is 8.53. The molecule has 0 atom stereocenters. The quantitative estimate of drug-likeness (QED) is 0.200. The van der Waals surface area contributed by atoms with Crippen molar-refractivity contribution >= 4 is 29.2 Å². The van der Waals surface area contributed by atoms with Crippen molar-refractivity contribution in [3.63, 3.8) is 0 Å². The lowest BCUT2D eigenvalue weighted by molar-refractivity contribution is -0.138. The van der Waals surface area contributed by atoms with Crippen LogP contribution < -0.4 is 10.9 Å². The predicted molar refractivity (Wildman–Crippen MR) is 131 cm³/mol. The monoisotopic (exact) mass is 538 g/mol. The molecule has 3 aromatic carbocycles. The Labute approximate surface area is 214 Å². The minimum absolute atomic E-state index is 0.247. The molecule has 11 heteroatoms. The Morgan fingerprint density at radius 3 is 1.81 bits per heavy atom. The van der Waals surface area contributed by atoms with E-state index < -0.39 is 30.2 Å². The number of benzene rings is 3. The average Bonchev–Trinajstić information content (AvgIpc) is 3.33. The van der Waals surface area contributed by atoms with Crippen LogP contribution in [-0.4, -0.2) is 16.3 Å². The molecule has 192 valence electrons. The molecule has 0 aliphatic carbocycles. The molecule has 37 heavy (non-hydrogen) atoms. The van der Waals surface area contributed by atoms with E-state index in [9.17, 15) is 30.7 Å². The molecule has 0 spiro atoms. The molecular weight excluding hydrogens is 520 g/mol. The molecule has 0 radical (unpaired) electrons. The van der Waals surface area contributed by atoms with Crippen LogP contribution in [0, 0.1) is 5.82 Å². The molecule has 4 aromatic rings. The average molecular weight is 539 g/mol. The molecule has 0 saturated carbocycles. The Morgan fingerprint density at radius 1 is 0.865 bits per heavy atom. The van der Waals surface area contributed by atoms with Gasteiger partial charge < -0.3 is 4.57 Å². The molecule has 0 bridgehead atoms. The minimum atomic E-state index is -4.52. The lowest BCUT2D eigenvalue weighted by Gasteiger charge is -2.18. The molecule has 0 unspecified atom stereocenters. The highest BCUT2D eigenvalue weighted by Gasteiger charge is 2.34. The maximum Gasteiger partial charge on any atom is 0.416 e. The molecular formula is C26H19BClF7N2. The molecule has 0 saturated heterocycles. The summed E-state index contributed by atoms with van der Waals surface area (Å²) in [5.41, 5.74) is -0.0287. The van der Waals surface area contributed by atoms with E-state index in [2.05, 4.69) is 11.6 Å². The summed E-state index contributed by atoms with van der Waals surface area (Å²) < 4.78 is 91.7. The summed E-state index contributed by atoms with van der Waals surface area (Å²) in [6, 6.07) is 13.4. The fourth-order valence-electron chi connectivity index (χ4n) is 3.64. The number of hydrogen-bond acceptors (Lipinski definition) is 1. The van der Waals surface area contributed by atoms with Gasteiger partial charge in [-0.1, -0.05) is 78.0 Å². The van der Waals surface area contributed by atoms with Crippen LogP contribution in [-0.2, 0) is 12.4 Å². The lowest BCUT2D eigenvalue weighted by Crippen LogP contribution is -2.44. The van der Waals surface area contributed by atoms with Gasteiger partial charge in [-0.05, 0) is 18.2 Å². The van der Waals surface area contributed by atoms with Crippen LogP contribution in [0.4, 0.5) is 30.7 Å². The van der Waals surface area contributed by atoms with E-state index in [4.69, 9.17) is 11.6 Å². The summed E-state index contributed by atoms with van der Waals surface area (Å²) in [6.07, 6.45) is -4.05. The van der Waals surface area contributed by atoms with Crippen molar-refractivity contribution in [2.45, 2.75) is 19.3 Å². The zero-order valence-corrected chi connectivity index (χ0v) is 20.0. The molecule has 0 N–H and O–H groups in total. The van der Waals surface area contributed by atoms with Crippen LogP contribution in [0.15, 0.2) is 97.5 Å². The van der Waals surface area contributed by atoms with Crippen molar-refractivity contribution < 1.29 is 30.7 Å². The fourth-order valence-corrected chi connectivity index (χ4v) is 3.91. The molecule has 0 fully saturated rings. The first-order chi connectivity index (χ1) is 17.3. The van der Waals surface area contributed by atoms with Gasteiger partial charge in [0.25, 0.3) is 0 Å². The SMILES string of the molecule is C=C(C)B(c1cccc(C(F)(F)F)c1)c1cccc(C(F)(F)F)c1.Fc1ccc(-n2ccnc2)c(Cl)c1. The molecule has 1 aromatic heterocycles. The van der Waals surface area contributed by atoms with E-state index >= 15 is 0 Å². The van der Waals surface area contributed by atoms with E-state index in [1.807, 2.05) is 0 Å². The van der Waals surface area contributed by atoms with Gasteiger partial charge in [0.2, 0.25) is 6.71 Å². The van der Waals surface area contributed by atoms with Gasteiger partial charge in [0.15, 0.2) is 0 Å². The number of allylic oxidation sites excluding steroid dienone is 1. The minimum Gasteiger partial charge on any atom is -0.305 e. The number of nitrogens with zero attached hydrogens (tertiary/aromatic N) is 2. The van der Waals surface area contributed by atoms with Gasteiger partial charge in [-0.2, -0.15) is 26.3 Å². The zero-order chi connectivity index (χ0) is 27.4. The number of imidazole rings is 1. The number of halogens is 8. The third-order valence-corrected chi connectivity index (χ3v) is 5.58. The van der Waals surface area contributed by atoms with Gasteiger partial charge in [-0.25, -0.2) is 9.37 Å². The van der Waals surface area contributed by atoms with Crippen molar-refractivity contribution in [2.24, 2.45) is 0 Å². The first-order valence-electron chi connectivity index (χ1n) is 10.7. The maximum absolute atomic E-state index is 12.9. The number of rotatable bonds is 4. The molecule has 4 rings (SSSR count).